The molecule has 0 spiro atoms. The van der Waals surface area contributed by atoms with E-state index in [9.17, 15) is 24.2 Å². The highest BCUT2D eigenvalue weighted by Crippen LogP contribution is 2.16. The molecule has 0 saturated carbocycles. The number of aliphatic hydroxyl groups is 2. The van der Waals surface area contributed by atoms with Gasteiger partial charge in [0.05, 0.1) is 18.2 Å². The number of nitrogens with zero attached hydrogens (tertiary/aromatic N) is 2. The van der Waals surface area contributed by atoms with Crippen molar-refractivity contribution < 1.29 is 33.7 Å². The van der Waals surface area contributed by atoms with Gasteiger partial charge in [-0.2, -0.15) is 0 Å². The molecule has 0 aliphatic carbocycles. The van der Waals surface area contributed by atoms with E-state index >= 15 is 0 Å². The van der Waals surface area contributed by atoms with Crippen LogP contribution in [0.15, 0.2) is 24.3 Å². The van der Waals surface area contributed by atoms with Gasteiger partial charge in [0.25, 0.3) is 5.91 Å². The third-order valence-corrected chi connectivity index (χ3v) is 7.09. The first-order chi connectivity index (χ1) is 19.1. The summed E-state index contributed by atoms with van der Waals surface area (Å²) in [6.07, 6.45) is 0.433. The van der Waals surface area contributed by atoms with Gasteiger partial charge >= 0.3 is 0 Å². The van der Waals surface area contributed by atoms with Crippen LogP contribution < -0.4 is 11.5 Å². The van der Waals surface area contributed by atoms with E-state index < -0.39 is 36.1 Å². The van der Waals surface area contributed by atoms with Gasteiger partial charge in [-0.05, 0) is 56.7 Å². The van der Waals surface area contributed by atoms with Crippen molar-refractivity contribution in [1.82, 2.24) is 9.80 Å². The Balaban J connectivity index is 0.00000840. The first kappa shape index (κ1) is 37.2. The molecule has 2 rings (SSSR count). The Hall–Kier alpha value is -1.86. The summed E-state index contributed by atoms with van der Waals surface area (Å²) < 4.78 is 26.2. The van der Waals surface area contributed by atoms with E-state index in [1.165, 1.54) is 23.1 Å². The molecule has 0 unspecified atom stereocenters. The number of halogens is 2. The number of rotatable bonds is 10. The summed E-state index contributed by atoms with van der Waals surface area (Å²) in [5.41, 5.74) is 11.7. The molecule has 1 aliphatic rings. The third-order valence-electron chi connectivity index (χ3n) is 7.09. The van der Waals surface area contributed by atoms with Gasteiger partial charge in [-0.3, -0.25) is 9.59 Å². The van der Waals surface area contributed by atoms with Crippen molar-refractivity contribution in [3.63, 3.8) is 0 Å². The Morgan fingerprint density at radius 3 is 2.49 bits per heavy atom. The second kappa shape index (κ2) is 20.1. The highest BCUT2D eigenvalue weighted by Gasteiger charge is 2.32. The summed E-state index contributed by atoms with van der Waals surface area (Å²) >= 11 is 0. The van der Waals surface area contributed by atoms with Crippen molar-refractivity contribution in [1.29, 1.82) is 0 Å². The Morgan fingerprint density at radius 1 is 1.10 bits per heavy atom. The predicted molar refractivity (Wildman–Crippen MR) is 158 cm³/mol. The first-order valence-corrected chi connectivity index (χ1v) is 14.5. The fourth-order valence-electron chi connectivity index (χ4n) is 4.51. The number of amides is 2. The smallest absolute Gasteiger partial charge is 0.256 e. The maximum atomic E-state index is 14.7. The number of carbonyl (C=O) groups excluding carboxylic acids is 2. The largest absolute Gasteiger partial charge is 0.388 e. The zero-order chi connectivity index (χ0) is 29.5. The third kappa shape index (κ3) is 12.9. The summed E-state index contributed by atoms with van der Waals surface area (Å²) in [6.45, 7) is 5.68. The van der Waals surface area contributed by atoms with E-state index in [-0.39, 0.29) is 50.1 Å². The highest BCUT2D eigenvalue weighted by atomic mass is 35.5. The topological polar surface area (TPSA) is 152 Å². The molecule has 2 amide bonds. The second-order valence-corrected chi connectivity index (χ2v) is 10.9. The van der Waals surface area contributed by atoms with Crippen LogP contribution >= 0.6 is 12.4 Å². The van der Waals surface area contributed by atoms with Crippen LogP contribution in [-0.2, 0) is 14.3 Å². The van der Waals surface area contributed by atoms with Crippen LogP contribution in [0.2, 0.25) is 0 Å². The molecule has 236 valence electrons. The Morgan fingerprint density at radius 2 is 1.80 bits per heavy atom. The first-order valence-electron chi connectivity index (χ1n) is 14.5. The van der Waals surface area contributed by atoms with Gasteiger partial charge in [0.15, 0.2) is 0 Å². The summed E-state index contributed by atoms with van der Waals surface area (Å²) in [6, 6.07) is 4.98. The van der Waals surface area contributed by atoms with E-state index in [4.69, 9.17) is 20.9 Å². The minimum Gasteiger partial charge on any atom is -0.388 e. The molecule has 1 aromatic carbocycles. The summed E-state index contributed by atoms with van der Waals surface area (Å²) in [4.78, 5) is 29.9. The molecular weight excluding hydrogens is 555 g/mol. The molecule has 1 aromatic rings. The lowest BCUT2D eigenvalue weighted by Crippen LogP contribution is -2.52. The van der Waals surface area contributed by atoms with E-state index in [0.29, 0.717) is 57.9 Å². The number of aliphatic hydroxyl groups excluding tert-OH is 2. The average molecular weight is 605 g/mol. The summed E-state index contributed by atoms with van der Waals surface area (Å²) in [7, 11) is 0. The van der Waals surface area contributed by atoms with Crippen molar-refractivity contribution in [2.75, 3.05) is 52.5 Å². The van der Waals surface area contributed by atoms with Gasteiger partial charge in [0.1, 0.15) is 24.1 Å². The zero-order valence-electron chi connectivity index (χ0n) is 24.5. The SMILES string of the molecule is CC(C)CCO[C@@H]1CN(C(=O)c2ccccc2F)CCN(C(=O)[C@H](N)CCCCN)CCCCOC[C@@H](O)[C@H]1O.Cl. The van der Waals surface area contributed by atoms with Crippen molar-refractivity contribution >= 4 is 24.2 Å². The number of benzene rings is 1. The van der Waals surface area contributed by atoms with Crippen molar-refractivity contribution in [2.24, 2.45) is 17.4 Å². The molecule has 41 heavy (non-hydrogen) atoms. The van der Waals surface area contributed by atoms with Crippen molar-refractivity contribution in [3.05, 3.63) is 35.6 Å². The average Bonchev–Trinajstić information content (AvgIpc) is 2.93. The maximum Gasteiger partial charge on any atom is 0.256 e. The van der Waals surface area contributed by atoms with Gasteiger partial charge in [-0.1, -0.05) is 32.4 Å². The van der Waals surface area contributed by atoms with Crippen LogP contribution in [0, 0.1) is 11.7 Å². The molecule has 0 aromatic heterocycles. The lowest BCUT2D eigenvalue weighted by Gasteiger charge is -2.34. The normalized spacial score (nSPS) is 22.1. The Labute approximate surface area is 249 Å². The molecule has 10 nitrogen and oxygen atoms in total. The van der Waals surface area contributed by atoms with Gasteiger partial charge in [0, 0.05) is 39.4 Å². The number of ether oxygens (including phenoxy) is 2. The van der Waals surface area contributed by atoms with Gasteiger partial charge in [-0.15, -0.1) is 12.4 Å². The van der Waals surface area contributed by atoms with Crippen LogP contribution in [-0.4, -0.2) is 109 Å². The van der Waals surface area contributed by atoms with E-state index in [1.807, 2.05) is 13.8 Å². The maximum absolute atomic E-state index is 14.7. The number of nitrogens with two attached hydrogens (primary N) is 2. The monoisotopic (exact) mass is 604 g/mol. The van der Waals surface area contributed by atoms with Crippen LogP contribution in [0.4, 0.5) is 4.39 Å². The van der Waals surface area contributed by atoms with Gasteiger partial charge in [-0.25, -0.2) is 4.39 Å². The number of unbranched alkanes of at least 4 members (excludes halogenated alkanes) is 1. The molecule has 1 saturated heterocycles. The van der Waals surface area contributed by atoms with Gasteiger partial charge < -0.3 is 41.0 Å². The quantitative estimate of drug-likeness (QED) is 0.296. The predicted octanol–water partition coefficient (Wildman–Crippen LogP) is 1.94. The molecule has 1 fully saturated rings. The fraction of sp³-hybridized carbons (Fsp3) is 0.724. The van der Waals surface area contributed by atoms with Crippen LogP contribution in [0.5, 0.6) is 0 Å². The summed E-state index contributed by atoms with van der Waals surface area (Å²) in [5, 5.41) is 21.6. The number of hydrogen-bond donors (Lipinski definition) is 4. The molecule has 1 aliphatic heterocycles. The molecule has 1 heterocycles. The second-order valence-electron chi connectivity index (χ2n) is 10.9. The van der Waals surface area contributed by atoms with E-state index in [2.05, 4.69) is 0 Å². The molecule has 4 atom stereocenters. The zero-order valence-corrected chi connectivity index (χ0v) is 25.3. The number of carbonyl (C=O) groups is 2. The van der Waals surface area contributed by atoms with E-state index in [0.717, 1.165) is 12.8 Å². The van der Waals surface area contributed by atoms with Crippen molar-refractivity contribution in [3.8, 4) is 0 Å². The Bertz CT molecular complexity index is 899. The lowest BCUT2D eigenvalue weighted by molar-refractivity contribution is -0.133. The summed E-state index contributed by atoms with van der Waals surface area (Å²) in [5.74, 6) is -1.15. The molecular formula is C29H50ClFN4O6. The molecule has 6 N–H and O–H groups in total. The van der Waals surface area contributed by atoms with E-state index in [1.54, 1.807) is 11.0 Å². The minimum absolute atomic E-state index is 0. The lowest BCUT2D eigenvalue weighted by atomic mass is 10.1. The Kier molecular flexibility index (Phi) is 18.2. The van der Waals surface area contributed by atoms with Crippen LogP contribution in [0.1, 0.15) is 62.7 Å². The van der Waals surface area contributed by atoms with Crippen LogP contribution in [0.25, 0.3) is 0 Å². The molecule has 12 heteroatoms. The fourth-order valence-corrected chi connectivity index (χ4v) is 4.51. The standard InChI is InChI=1S/C29H49FN4O6.ClH/c1-21(2)12-18-40-26-19-34(28(37)22-9-3-4-10-23(22)30)16-15-33(29(38)24(32)11-5-6-13-31)14-7-8-17-39-20-25(35)27(26)36;/h3-4,9-10,21,24-27,35-36H,5-8,11-20,31-32H2,1-2H3;1H/t24-,25-,26-,27-;/m1./s1. The number of hydrogen-bond acceptors (Lipinski definition) is 8. The van der Waals surface area contributed by atoms with Crippen molar-refractivity contribution in [2.45, 2.75) is 76.7 Å². The molecule has 0 radical (unpaired) electrons. The van der Waals surface area contributed by atoms with Gasteiger partial charge in [0.2, 0.25) is 5.91 Å². The minimum atomic E-state index is -1.35. The van der Waals surface area contributed by atoms with Crippen LogP contribution in [0.3, 0.4) is 0 Å². The highest BCUT2D eigenvalue weighted by molar-refractivity contribution is 5.94. The molecule has 0 bridgehead atoms.